The van der Waals surface area contributed by atoms with E-state index in [9.17, 15) is 9.59 Å². The van der Waals surface area contributed by atoms with Crippen molar-refractivity contribution in [3.05, 3.63) is 47.7 Å². The molecule has 2 fully saturated rings. The quantitative estimate of drug-likeness (QED) is 0.513. The van der Waals surface area contributed by atoms with Crippen LogP contribution in [0, 0.1) is 0 Å². The molecule has 2 aromatic heterocycles. The van der Waals surface area contributed by atoms with Crippen molar-refractivity contribution in [2.24, 2.45) is 5.73 Å². The van der Waals surface area contributed by atoms with Crippen LogP contribution in [0.25, 0.3) is 22.3 Å². The van der Waals surface area contributed by atoms with Crippen LogP contribution in [0.4, 0.5) is 10.5 Å². The van der Waals surface area contributed by atoms with E-state index in [1.807, 2.05) is 52.2 Å². The Kier molecular flexibility index (Phi) is 7.02. The van der Waals surface area contributed by atoms with Gasteiger partial charge in [-0.05, 0) is 50.6 Å². The molecule has 0 radical (unpaired) electrons. The molecule has 10 heteroatoms. The fraction of sp³-hybridized carbons (Fsp3) is 0.464. The molecule has 5 rings (SSSR count). The van der Waals surface area contributed by atoms with Gasteiger partial charge in [0.05, 0.1) is 41.7 Å². The molecule has 202 valence electrons. The predicted octanol–water partition coefficient (Wildman–Crippen LogP) is 3.22. The Morgan fingerprint density at radius 2 is 1.92 bits per heavy atom. The summed E-state index contributed by atoms with van der Waals surface area (Å²) in [5, 5.41) is 0.883. The summed E-state index contributed by atoms with van der Waals surface area (Å²) in [5.41, 5.74) is 9.97. The molecule has 2 amide bonds. The molecule has 0 saturated carbocycles. The smallest absolute Gasteiger partial charge is 0.410 e. The van der Waals surface area contributed by atoms with Crippen LogP contribution in [0.5, 0.6) is 0 Å². The van der Waals surface area contributed by atoms with Crippen LogP contribution in [0.2, 0.25) is 0 Å². The molecule has 0 aliphatic carbocycles. The molecule has 2 aliphatic rings. The van der Waals surface area contributed by atoms with Crippen LogP contribution in [0.1, 0.15) is 36.7 Å². The summed E-state index contributed by atoms with van der Waals surface area (Å²) in [6, 6.07) is 9.89. The molecule has 0 atom stereocenters. The molecular weight excluding hydrogens is 484 g/mol. The number of rotatable bonds is 6. The van der Waals surface area contributed by atoms with Gasteiger partial charge in [0, 0.05) is 57.0 Å². The van der Waals surface area contributed by atoms with E-state index >= 15 is 0 Å². The minimum atomic E-state index is -0.527. The summed E-state index contributed by atoms with van der Waals surface area (Å²) in [4.78, 5) is 38.9. The zero-order valence-corrected chi connectivity index (χ0v) is 22.5. The van der Waals surface area contributed by atoms with Gasteiger partial charge < -0.3 is 30.0 Å². The van der Waals surface area contributed by atoms with Crippen LogP contribution in [-0.2, 0) is 16.0 Å². The van der Waals surface area contributed by atoms with Gasteiger partial charge in [-0.3, -0.25) is 14.7 Å². The Morgan fingerprint density at radius 1 is 1.18 bits per heavy atom. The van der Waals surface area contributed by atoms with E-state index < -0.39 is 11.5 Å². The van der Waals surface area contributed by atoms with Gasteiger partial charge in [0.2, 0.25) is 0 Å². The number of carbonyl (C=O) groups excluding carboxylic acids is 2. The zero-order chi connectivity index (χ0) is 27.0. The highest BCUT2D eigenvalue weighted by Gasteiger charge is 2.36. The number of primary amides is 1. The molecule has 1 aromatic carbocycles. The molecule has 2 saturated heterocycles. The first-order valence-electron chi connectivity index (χ1n) is 13.0. The fourth-order valence-corrected chi connectivity index (χ4v) is 4.92. The second-order valence-corrected chi connectivity index (χ2v) is 11.1. The molecule has 0 bridgehead atoms. The number of likely N-dealkylation sites (tertiary alicyclic amines) is 1. The highest BCUT2D eigenvalue weighted by atomic mass is 16.6. The third kappa shape index (κ3) is 5.46. The maximum atomic E-state index is 12.4. The number of nitrogens with zero attached hydrogens (tertiary/aromatic N) is 4. The number of carbonyl (C=O) groups is 2. The largest absolute Gasteiger partial charge is 0.444 e. The molecule has 0 spiro atoms. The van der Waals surface area contributed by atoms with Gasteiger partial charge in [-0.25, -0.2) is 4.79 Å². The number of anilines is 1. The molecule has 4 heterocycles. The Hall–Kier alpha value is -3.63. The van der Waals surface area contributed by atoms with Gasteiger partial charge in [0.15, 0.2) is 0 Å². The van der Waals surface area contributed by atoms with E-state index in [1.165, 1.54) is 0 Å². The lowest BCUT2D eigenvalue weighted by Crippen LogP contribution is -2.61. The fourth-order valence-electron chi connectivity index (χ4n) is 4.92. The molecule has 3 N–H and O–H groups in total. The van der Waals surface area contributed by atoms with Gasteiger partial charge in [-0.1, -0.05) is 6.07 Å². The lowest BCUT2D eigenvalue weighted by Gasteiger charge is -2.45. The third-order valence-corrected chi connectivity index (χ3v) is 7.09. The second-order valence-electron chi connectivity index (χ2n) is 11.1. The summed E-state index contributed by atoms with van der Waals surface area (Å²) in [7, 11) is 2.00. The van der Waals surface area contributed by atoms with Crippen LogP contribution in [-0.4, -0.2) is 89.9 Å². The lowest BCUT2D eigenvalue weighted by molar-refractivity contribution is 0.00852. The number of hydrogen-bond donors (Lipinski definition) is 2. The van der Waals surface area contributed by atoms with Crippen molar-refractivity contribution >= 4 is 28.6 Å². The maximum Gasteiger partial charge on any atom is 0.410 e. The number of ether oxygens (including phenoxy) is 2. The summed E-state index contributed by atoms with van der Waals surface area (Å²) >= 11 is 0. The number of likely N-dealkylation sites (N-methyl/N-ethyl adjacent to an activating group) is 1. The highest BCUT2D eigenvalue weighted by Crippen LogP contribution is 2.35. The Morgan fingerprint density at radius 3 is 2.55 bits per heavy atom. The standard InChI is InChI=1S/C28H36N6O4/c1-28(2,3)38-27(36)34-16-19(17-34)32(4)24-8-6-20(26(29)35)25-21(24)13-23(31-25)22-7-5-18(14-30-22)15-33-9-11-37-12-10-33/h5-8,13-14,19,31H,9-12,15-17H2,1-4H3,(H2,29,35). The van der Waals surface area contributed by atoms with E-state index in [0.717, 1.165) is 60.9 Å². The van der Waals surface area contributed by atoms with Gasteiger partial charge in [-0.15, -0.1) is 0 Å². The van der Waals surface area contributed by atoms with Gasteiger partial charge >= 0.3 is 6.09 Å². The summed E-state index contributed by atoms with van der Waals surface area (Å²) in [5.74, 6) is -0.494. The SMILES string of the molecule is CN(c1ccc(C(N)=O)c2[nH]c(-c3ccc(CN4CCOCC4)cn3)cc12)C1CN(C(=O)OC(C)(C)C)C1. The van der Waals surface area contributed by atoms with Crippen molar-refractivity contribution in [1.82, 2.24) is 19.8 Å². The number of benzene rings is 1. The summed E-state index contributed by atoms with van der Waals surface area (Å²) in [6.45, 7) is 10.9. The lowest BCUT2D eigenvalue weighted by atomic mass is 10.0. The van der Waals surface area contributed by atoms with Crippen molar-refractivity contribution in [2.75, 3.05) is 51.3 Å². The number of amides is 2. The number of hydrogen-bond acceptors (Lipinski definition) is 7. The van der Waals surface area contributed by atoms with Crippen LogP contribution < -0.4 is 10.6 Å². The Labute approximate surface area is 222 Å². The second kappa shape index (κ2) is 10.3. The number of pyridine rings is 1. The number of H-pyrrole nitrogens is 1. The van der Waals surface area contributed by atoms with E-state index in [1.54, 1.807) is 11.0 Å². The van der Waals surface area contributed by atoms with Crippen molar-refractivity contribution in [3.63, 3.8) is 0 Å². The zero-order valence-electron chi connectivity index (χ0n) is 22.5. The minimum Gasteiger partial charge on any atom is -0.444 e. The molecular formula is C28H36N6O4. The van der Waals surface area contributed by atoms with Crippen molar-refractivity contribution in [3.8, 4) is 11.4 Å². The molecule has 38 heavy (non-hydrogen) atoms. The first-order valence-corrected chi connectivity index (χ1v) is 13.0. The molecule has 3 aromatic rings. The van der Waals surface area contributed by atoms with Gasteiger partial charge in [0.25, 0.3) is 5.91 Å². The van der Waals surface area contributed by atoms with Crippen molar-refractivity contribution in [1.29, 1.82) is 0 Å². The first kappa shape index (κ1) is 26.0. The van der Waals surface area contributed by atoms with Crippen LogP contribution in [0.3, 0.4) is 0 Å². The minimum absolute atomic E-state index is 0.126. The normalized spacial score (nSPS) is 16.9. The average molecular weight is 521 g/mol. The van der Waals surface area contributed by atoms with Gasteiger partial charge in [-0.2, -0.15) is 0 Å². The highest BCUT2D eigenvalue weighted by molar-refractivity contribution is 6.09. The predicted molar refractivity (Wildman–Crippen MR) is 146 cm³/mol. The average Bonchev–Trinajstić information content (AvgIpc) is 3.27. The Balaban J connectivity index is 1.36. The number of fused-ring (bicyclic) bond motifs is 1. The van der Waals surface area contributed by atoms with Crippen molar-refractivity contribution in [2.45, 2.75) is 39.0 Å². The maximum absolute atomic E-state index is 12.4. The Bertz CT molecular complexity index is 1320. The summed E-state index contributed by atoms with van der Waals surface area (Å²) in [6.07, 6.45) is 1.60. The van der Waals surface area contributed by atoms with Crippen molar-refractivity contribution < 1.29 is 19.1 Å². The topological polar surface area (TPSA) is 117 Å². The monoisotopic (exact) mass is 520 g/mol. The van der Waals surface area contributed by atoms with Crippen LogP contribution >= 0.6 is 0 Å². The third-order valence-electron chi connectivity index (χ3n) is 7.09. The number of nitrogens with one attached hydrogen (secondary N) is 1. The van der Waals surface area contributed by atoms with E-state index in [2.05, 4.69) is 20.9 Å². The summed E-state index contributed by atoms with van der Waals surface area (Å²) < 4.78 is 10.9. The number of aromatic amines is 1. The molecule has 10 nitrogen and oxygen atoms in total. The number of nitrogens with two attached hydrogens (primary N) is 1. The molecule has 0 unspecified atom stereocenters. The van der Waals surface area contributed by atoms with E-state index in [4.69, 9.17) is 20.2 Å². The van der Waals surface area contributed by atoms with E-state index in [0.29, 0.717) is 24.2 Å². The van der Waals surface area contributed by atoms with Gasteiger partial charge in [0.1, 0.15) is 5.60 Å². The number of morpholine rings is 1. The number of aromatic nitrogens is 2. The van der Waals surface area contributed by atoms with E-state index in [-0.39, 0.29) is 12.1 Å². The molecule has 2 aliphatic heterocycles. The first-order chi connectivity index (χ1) is 18.1. The van der Waals surface area contributed by atoms with Crippen LogP contribution in [0.15, 0.2) is 36.5 Å².